The molecule has 2 N–H and O–H groups in total. The van der Waals surface area contributed by atoms with Crippen molar-refractivity contribution in [2.24, 2.45) is 5.92 Å². The third kappa shape index (κ3) is 5.31. The summed E-state index contributed by atoms with van der Waals surface area (Å²) in [5.74, 6) is -2.04. The summed E-state index contributed by atoms with van der Waals surface area (Å²) in [5.41, 5.74) is 1.44. The van der Waals surface area contributed by atoms with E-state index in [1.54, 1.807) is 31.2 Å². The molecule has 6 heteroatoms. The van der Waals surface area contributed by atoms with Crippen LogP contribution in [0.3, 0.4) is 0 Å². The van der Waals surface area contributed by atoms with Gasteiger partial charge in [-0.3, -0.25) is 9.59 Å². The predicted molar refractivity (Wildman–Crippen MR) is 95.9 cm³/mol. The summed E-state index contributed by atoms with van der Waals surface area (Å²) in [6.45, 7) is 4.00. The van der Waals surface area contributed by atoms with Crippen molar-refractivity contribution in [1.82, 2.24) is 5.32 Å². The Bertz CT molecular complexity index is 774. The molecule has 0 saturated carbocycles. The van der Waals surface area contributed by atoms with Gasteiger partial charge in [0, 0.05) is 12.1 Å². The summed E-state index contributed by atoms with van der Waals surface area (Å²) in [5, 5.41) is 12.0. The minimum Gasteiger partial charge on any atom is -0.494 e. The normalized spacial score (nSPS) is 11.7. The van der Waals surface area contributed by atoms with E-state index in [0.717, 1.165) is 17.4 Å². The lowest BCUT2D eigenvalue weighted by Gasteiger charge is -2.14. The Morgan fingerprint density at radius 2 is 1.88 bits per heavy atom. The van der Waals surface area contributed by atoms with Gasteiger partial charge in [0.1, 0.15) is 11.6 Å². The summed E-state index contributed by atoms with van der Waals surface area (Å²) >= 11 is 0. The van der Waals surface area contributed by atoms with Crippen molar-refractivity contribution >= 4 is 11.9 Å². The number of halogens is 1. The standard InChI is InChI=1S/C20H22FNO4/c1-3-26-17-8-5-14(6-9-17)10-16(20(24)25)12-22-19(23)15-7-4-13(2)18(21)11-15/h4-9,11,16H,3,10,12H2,1-2H3,(H,22,23)(H,24,25). The summed E-state index contributed by atoms with van der Waals surface area (Å²) in [6, 6.07) is 11.3. The fourth-order valence-corrected chi connectivity index (χ4v) is 2.47. The molecule has 0 spiro atoms. The molecule has 0 aliphatic heterocycles. The molecule has 1 amide bonds. The number of hydrogen-bond acceptors (Lipinski definition) is 3. The van der Waals surface area contributed by atoms with Gasteiger partial charge in [-0.1, -0.05) is 18.2 Å². The van der Waals surface area contributed by atoms with Gasteiger partial charge in [-0.05, 0) is 55.7 Å². The zero-order valence-corrected chi connectivity index (χ0v) is 14.8. The first-order valence-electron chi connectivity index (χ1n) is 8.39. The summed E-state index contributed by atoms with van der Waals surface area (Å²) in [4.78, 5) is 23.6. The Balaban J connectivity index is 1.98. The van der Waals surface area contributed by atoms with Crippen LogP contribution < -0.4 is 10.1 Å². The number of carboxylic acids is 1. The van der Waals surface area contributed by atoms with E-state index in [9.17, 15) is 19.1 Å². The molecule has 0 radical (unpaired) electrons. The number of benzene rings is 2. The van der Waals surface area contributed by atoms with Crippen molar-refractivity contribution < 1.29 is 23.8 Å². The number of ether oxygens (including phenoxy) is 1. The molecule has 2 rings (SSSR count). The lowest BCUT2D eigenvalue weighted by Crippen LogP contribution is -2.34. The number of hydrogen-bond donors (Lipinski definition) is 2. The molecule has 2 aromatic carbocycles. The zero-order valence-electron chi connectivity index (χ0n) is 14.8. The van der Waals surface area contributed by atoms with E-state index < -0.39 is 23.6 Å². The maximum Gasteiger partial charge on any atom is 0.308 e. The van der Waals surface area contributed by atoms with E-state index in [4.69, 9.17) is 4.74 Å². The third-order valence-corrected chi connectivity index (χ3v) is 4.01. The molecule has 0 aliphatic rings. The van der Waals surface area contributed by atoms with Crippen molar-refractivity contribution in [2.45, 2.75) is 20.3 Å². The highest BCUT2D eigenvalue weighted by Crippen LogP contribution is 2.16. The van der Waals surface area contributed by atoms with Gasteiger partial charge in [-0.15, -0.1) is 0 Å². The fraction of sp³-hybridized carbons (Fsp3) is 0.300. The van der Waals surface area contributed by atoms with Crippen LogP contribution in [0.5, 0.6) is 5.75 Å². The number of aliphatic carboxylic acids is 1. The molecule has 0 aromatic heterocycles. The molecule has 1 atom stereocenters. The van der Waals surface area contributed by atoms with Crippen LogP contribution in [0.15, 0.2) is 42.5 Å². The van der Waals surface area contributed by atoms with E-state index in [-0.39, 0.29) is 18.5 Å². The van der Waals surface area contributed by atoms with Crippen LogP contribution in [-0.4, -0.2) is 30.1 Å². The van der Waals surface area contributed by atoms with Crippen molar-refractivity contribution in [2.75, 3.05) is 13.2 Å². The minimum atomic E-state index is -1.01. The monoisotopic (exact) mass is 359 g/mol. The Morgan fingerprint density at radius 1 is 1.19 bits per heavy atom. The second-order valence-corrected chi connectivity index (χ2v) is 5.99. The van der Waals surface area contributed by atoms with Crippen LogP contribution in [0, 0.1) is 18.7 Å². The smallest absolute Gasteiger partial charge is 0.308 e. The second-order valence-electron chi connectivity index (χ2n) is 5.99. The van der Waals surface area contributed by atoms with E-state index in [0.29, 0.717) is 12.2 Å². The maximum absolute atomic E-state index is 13.6. The molecule has 1 unspecified atom stereocenters. The largest absolute Gasteiger partial charge is 0.494 e. The fourth-order valence-electron chi connectivity index (χ4n) is 2.47. The molecule has 5 nitrogen and oxygen atoms in total. The highest BCUT2D eigenvalue weighted by atomic mass is 19.1. The SMILES string of the molecule is CCOc1ccc(CC(CNC(=O)c2ccc(C)c(F)c2)C(=O)O)cc1. The molecule has 26 heavy (non-hydrogen) atoms. The number of rotatable bonds is 8. The molecule has 0 aliphatic carbocycles. The van der Waals surface area contributed by atoms with Crippen LogP contribution in [0.4, 0.5) is 4.39 Å². The Labute approximate surface area is 151 Å². The Kier molecular flexibility index (Phi) is 6.72. The number of carboxylic acid groups (broad SMARTS) is 1. The van der Waals surface area contributed by atoms with Gasteiger partial charge in [0.25, 0.3) is 5.91 Å². The van der Waals surface area contributed by atoms with E-state index in [1.165, 1.54) is 12.1 Å². The van der Waals surface area contributed by atoms with Crippen molar-refractivity contribution in [3.63, 3.8) is 0 Å². The number of aryl methyl sites for hydroxylation is 1. The molecule has 138 valence electrons. The number of carbonyl (C=O) groups is 2. The Hall–Kier alpha value is -2.89. The second kappa shape index (κ2) is 8.99. The van der Waals surface area contributed by atoms with Gasteiger partial charge in [0.2, 0.25) is 0 Å². The quantitative estimate of drug-likeness (QED) is 0.759. The first-order valence-corrected chi connectivity index (χ1v) is 8.39. The lowest BCUT2D eigenvalue weighted by atomic mass is 9.99. The van der Waals surface area contributed by atoms with Crippen LogP contribution in [0.1, 0.15) is 28.4 Å². The minimum absolute atomic E-state index is 0.0448. The lowest BCUT2D eigenvalue weighted by molar-refractivity contribution is -0.141. The average Bonchev–Trinajstić information content (AvgIpc) is 2.62. The highest BCUT2D eigenvalue weighted by molar-refractivity contribution is 5.94. The number of carbonyl (C=O) groups excluding carboxylic acids is 1. The summed E-state index contributed by atoms with van der Waals surface area (Å²) in [6.07, 6.45) is 0.268. The Morgan fingerprint density at radius 3 is 2.46 bits per heavy atom. The van der Waals surface area contributed by atoms with Gasteiger partial charge in [-0.25, -0.2) is 4.39 Å². The molecule has 0 bridgehead atoms. The predicted octanol–water partition coefficient (Wildman–Crippen LogP) is 3.21. The summed E-state index contributed by atoms with van der Waals surface area (Å²) in [7, 11) is 0. The maximum atomic E-state index is 13.6. The van der Waals surface area contributed by atoms with E-state index >= 15 is 0 Å². The molecule has 0 saturated heterocycles. The summed E-state index contributed by atoms with van der Waals surface area (Å²) < 4.78 is 18.9. The first kappa shape index (κ1) is 19.4. The molecule has 0 fully saturated rings. The van der Waals surface area contributed by atoms with Crippen molar-refractivity contribution in [1.29, 1.82) is 0 Å². The van der Waals surface area contributed by atoms with Gasteiger partial charge in [-0.2, -0.15) is 0 Å². The molecule has 0 heterocycles. The van der Waals surface area contributed by atoms with E-state index in [1.807, 2.05) is 6.92 Å². The van der Waals surface area contributed by atoms with Gasteiger partial charge < -0.3 is 15.2 Å². The van der Waals surface area contributed by atoms with Crippen LogP contribution in [0.25, 0.3) is 0 Å². The topological polar surface area (TPSA) is 75.6 Å². The zero-order chi connectivity index (χ0) is 19.1. The average molecular weight is 359 g/mol. The van der Waals surface area contributed by atoms with Gasteiger partial charge in [0.15, 0.2) is 0 Å². The number of nitrogens with one attached hydrogen (secondary N) is 1. The molecular weight excluding hydrogens is 337 g/mol. The molecular formula is C20H22FNO4. The first-order chi connectivity index (χ1) is 12.4. The van der Waals surface area contributed by atoms with Crippen molar-refractivity contribution in [3.8, 4) is 5.75 Å². The van der Waals surface area contributed by atoms with Gasteiger partial charge in [0.05, 0.1) is 12.5 Å². The van der Waals surface area contributed by atoms with Crippen molar-refractivity contribution in [3.05, 3.63) is 65.0 Å². The van der Waals surface area contributed by atoms with Crippen LogP contribution >= 0.6 is 0 Å². The molecule has 2 aromatic rings. The van der Waals surface area contributed by atoms with E-state index in [2.05, 4.69) is 5.32 Å². The number of amides is 1. The third-order valence-electron chi connectivity index (χ3n) is 4.01. The van der Waals surface area contributed by atoms with Crippen LogP contribution in [0.2, 0.25) is 0 Å². The van der Waals surface area contributed by atoms with Crippen LogP contribution in [-0.2, 0) is 11.2 Å². The van der Waals surface area contributed by atoms with Gasteiger partial charge >= 0.3 is 5.97 Å². The highest BCUT2D eigenvalue weighted by Gasteiger charge is 2.19.